The summed E-state index contributed by atoms with van der Waals surface area (Å²) in [6, 6.07) is 11.6. The number of hydrogen-bond donors (Lipinski definition) is 1. The van der Waals surface area contributed by atoms with Crippen molar-refractivity contribution in [2.75, 3.05) is 6.26 Å². The van der Waals surface area contributed by atoms with Crippen LogP contribution in [0.3, 0.4) is 0 Å². The van der Waals surface area contributed by atoms with E-state index in [0.29, 0.717) is 16.3 Å². The molecule has 0 amide bonds. The molecule has 0 aliphatic carbocycles. The summed E-state index contributed by atoms with van der Waals surface area (Å²) in [7, 11) is 0. The van der Waals surface area contributed by atoms with Gasteiger partial charge in [-0.25, -0.2) is 13.8 Å². The molecule has 0 spiro atoms. The molecule has 104 valence electrons. The first-order valence-electron chi connectivity index (χ1n) is 5.99. The fourth-order valence-corrected chi connectivity index (χ4v) is 2.06. The van der Waals surface area contributed by atoms with Crippen molar-refractivity contribution >= 4 is 16.9 Å². The van der Waals surface area contributed by atoms with Crippen LogP contribution in [0.15, 0.2) is 53.5 Å². The van der Waals surface area contributed by atoms with E-state index in [4.69, 9.17) is 5.73 Å². The smallest absolute Gasteiger partial charge is 0.154 e. The summed E-state index contributed by atoms with van der Waals surface area (Å²) in [6.07, 6.45) is 1.79. The number of amidine groups is 1. The van der Waals surface area contributed by atoms with Crippen molar-refractivity contribution in [1.82, 2.24) is 0 Å². The summed E-state index contributed by atoms with van der Waals surface area (Å²) in [5.41, 5.74) is 6.85. The van der Waals surface area contributed by atoms with Crippen LogP contribution in [0.4, 0.5) is 8.78 Å². The van der Waals surface area contributed by atoms with Gasteiger partial charge in [-0.2, -0.15) is 0 Å². The summed E-state index contributed by atoms with van der Waals surface area (Å²) in [5, 5.41) is 0.350. The Morgan fingerprint density at radius 2 is 1.75 bits per heavy atom. The zero-order chi connectivity index (χ0) is 14.5. The molecule has 2 aromatic rings. The standard InChI is InChI=1S/C15H14F2N2S/c1-20-15(18)19-14(10-6-8-11(16)9-7-10)12-4-2-3-5-13(12)17/h2-9,14H,1H3,(H2,18,19). The molecule has 0 aliphatic heterocycles. The Hall–Kier alpha value is -1.88. The minimum absolute atomic E-state index is 0.345. The average molecular weight is 292 g/mol. The van der Waals surface area contributed by atoms with Crippen molar-refractivity contribution in [3.8, 4) is 0 Å². The molecule has 0 bridgehead atoms. The Morgan fingerprint density at radius 1 is 1.10 bits per heavy atom. The van der Waals surface area contributed by atoms with Gasteiger partial charge >= 0.3 is 0 Å². The number of nitrogens with zero attached hydrogens (tertiary/aromatic N) is 1. The van der Waals surface area contributed by atoms with Gasteiger partial charge in [-0.3, -0.25) is 0 Å². The Morgan fingerprint density at radius 3 is 2.35 bits per heavy atom. The van der Waals surface area contributed by atoms with Gasteiger partial charge in [0.05, 0.1) is 0 Å². The Labute approximate surface area is 120 Å². The Bertz CT molecular complexity index is 612. The highest BCUT2D eigenvalue weighted by atomic mass is 32.2. The quantitative estimate of drug-likeness (QED) is 0.691. The van der Waals surface area contributed by atoms with E-state index >= 15 is 0 Å². The predicted molar refractivity (Wildman–Crippen MR) is 79.8 cm³/mol. The van der Waals surface area contributed by atoms with E-state index in [9.17, 15) is 8.78 Å². The predicted octanol–water partition coefficient (Wildman–Crippen LogP) is 3.73. The molecule has 5 heteroatoms. The fraction of sp³-hybridized carbons (Fsp3) is 0.133. The zero-order valence-corrected chi connectivity index (χ0v) is 11.7. The third-order valence-corrected chi connectivity index (χ3v) is 3.37. The van der Waals surface area contributed by atoms with Crippen molar-refractivity contribution in [3.63, 3.8) is 0 Å². The first kappa shape index (κ1) is 14.5. The summed E-state index contributed by atoms with van der Waals surface area (Å²) in [6.45, 7) is 0. The van der Waals surface area contributed by atoms with Crippen LogP contribution in [0, 0.1) is 11.6 Å². The highest BCUT2D eigenvalue weighted by Gasteiger charge is 2.17. The van der Waals surface area contributed by atoms with Gasteiger partial charge in [0.1, 0.15) is 17.7 Å². The fourth-order valence-electron chi connectivity index (χ4n) is 1.85. The molecule has 1 atom stereocenters. The van der Waals surface area contributed by atoms with Crippen molar-refractivity contribution in [3.05, 3.63) is 71.3 Å². The number of aliphatic imine (C=N–C) groups is 1. The Balaban J connectivity index is 2.50. The molecule has 0 aliphatic rings. The maximum atomic E-state index is 14.0. The van der Waals surface area contributed by atoms with E-state index in [2.05, 4.69) is 4.99 Å². The average Bonchev–Trinajstić information content (AvgIpc) is 2.46. The van der Waals surface area contributed by atoms with Gasteiger partial charge in [-0.05, 0) is 30.0 Å². The Kier molecular flexibility index (Phi) is 4.74. The number of rotatable bonds is 3. The molecular formula is C15H14F2N2S. The van der Waals surface area contributed by atoms with E-state index in [0.717, 1.165) is 0 Å². The van der Waals surface area contributed by atoms with Gasteiger partial charge in [0, 0.05) is 5.56 Å². The molecule has 1 unspecified atom stereocenters. The van der Waals surface area contributed by atoms with Crippen LogP contribution in [0.25, 0.3) is 0 Å². The van der Waals surface area contributed by atoms with E-state index in [1.807, 2.05) is 0 Å². The van der Waals surface area contributed by atoms with Gasteiger partial charge in [0.2, 0.25) is 0 Å². The molecule has 2 nitrogen and oxygen atoms in total. The van der Waals surface area contributed by atoms with Gasteiger partial charge < -0.3 is 5.73 Å². The number of thioether (sulfide) groups is 1. The largest absolute Gasteiger partial charge is 0.379 e. The lowest BCUT2D eigenvalue weighted by molar-refractivity contribution is 0.599. The van der Waals surface area contributed by atoms with E-state index in [1.54, 1.807) is 36.6 Å². The number of nitrogens with two attached hydrogens (primary N) is 1. The van der Waals surface area contributed by atoms with Crippen molar-refractivity contribution in [1.29, 1.82) is 0 Å². The molecule has 2 N–H and O–H groups in total. The van der Waals surface area contributed by atoms with E-state index in [1.165, 1.54) is 30.0 Å². The van der Waals surface area contributed by atoms with Crippen LogP contribution in [0.5, 0.6) is 0 Å². The molecular weight excluding hydrogens is 278 g/mol. The lowest BCUT2D eigenvalue weighted by atomic mass is 9.99. The van der Waals surface area contributed by atoms with Crippen LogP contribution in [0.1, 0.15) is 17.2 Å². The van der Waals surface area contributed by atoms with Crippen molar-refractivity contribution < 1.29 is 8.78 Å². The second-order valence-electron chi connectivity index (χ2n) is 4.15. The van der Waals surface area contributed by atoms with Gasteiger partial charge in [0.25, 0.3) is 0 Å². The maximum absolute atomic E-state index is 14.0. The minimum Gasteiger partial charge on any atom is -0.379 e. The molecule has 20 heavy (non-hydrogen) atoms. The lowest BCUT2D eigenvalue weighted by Gasteiger charge is -2.15. The molecule has 0 radical (unpaired) electrons. The van der Waals surface area contributed by atoms with Crippen molar-refractivity contribution in [2.24, 2.45) is 10.7 Å². The van der Waals surface area contributed by atoms with Gasteiger partial charge in [0.15, 0.2) is 5.17 Å². The highest BCUT2D eigenvalue weighted by Crippen LogP contribution is 2.28. The highest BCUT2D eigenvalue weighted by molar-refractivity contribution is 8.13. The third-order valence-electron chi connectivity index (χ3n) is 2.85. The van der Waals surface area contributed by atoms with Crippen molar-refractivity contribution in [2.45, 2.75) is 6.04 Å². The molecule has 2 aromatic carbocycles. The van der Waals surface area contributed by atoms with Crippen LogP contribution in [-0.4, -0.2) is 11.4 Å². The van der Waals surface area contributed by atoms with Gasteiger partial charge in [-0.15, -0.1) is 0 Å². The molecule has 2 rings (SSSR count). The normalized spacial score (nSPS) is 13.2. The molecule has 0 saturated carbocycles. The minimum atomic E-state index is -0.579. The summed E-state index contributed by atoms with van der Waals surface area (Å²) < 4.78 is 27.0. The summed E-state index contributed by atoms with van der Waals surface area (Å²) >= 11 is 1.28. The van der Waals surface area contributed by atoms with E-state index in [-0.39, 0.29) is 11.6 Å². The summed E-state index contributed by atoms with van der Waals surface area (Å²) in [4.78, 5) is 4.32. The number of benzene rings is 2. The van der Waals surface area contributed by atoms with Crippen LogP contribution in [-0.2, 0) is 0 Å². The second-order valence-corrected chi connectivity index (χ2v) is 4.97. The van der Waals surface area contributed by atoms with Crippen LogP contribution >= 0.6 is 11.8 Å². The van der Waals surface area contributed by atoms with Gasteiger partial charge in [-0.1, -0.05) is 42.1 Å². The first-order valence-corrected chi connectivity index (χ1v) is 7.21. The number of halogens is 2. The number of hydrogen-bond acceptors (Lipinski definition) is 2. The molecule has 0 saturated heterocycles. The third kappa shape index (κ3) is 3.36. The topological polar surface area (TPSA) is 38.4 Å². The molecule has 0 fully saturated rings. The zero-order valence-electron chi connectivity index (χ0n) is 10.9. The van der Waals surface area contributed by atoms with E-state index < -0.39 is 6.04 Å². The SMILES string of the molecule is CSC(N)=NC(c1ccc(F)cc1)c1ccccc1F. The second kappa shape index (κ2) is 6.52. The summed E-state index contributed by atoms with van der Waals surface area (Å²) in [5.74, 6) is -0.706. The monoisotopic (exact) mass is 292 g/mol. The molecule has 0 aromatic heterocycles. The first-order chi connectivity index (χ1) is 9.61. The van der Waals surface area contributed by atoms with Crippen LogP contribution in [0.2, 0.25) is 0 Å². The lowest BCUT2D eigenvalue weighted by Crippen LogP contribution is -2.10. The maximum Gasteiger partial charge on any atom is 0.154 e. The van der Waals surface area contributed by atoms with Crippen LogP contribution < -0.4 is 5.73 Å². The molecule has 0 heterocycles.